The molecule has 0 saturated heterocycles. The SMILES string of the molecule is CNc1cc(C(=O)N[C@H]2CCC[C@H]2O)[nH]n1. The molecule has 0 radical (unpaired) electrons. The summed E-state index contributed by atoms with van der Waals surface area (Å²) in [5.74, 6) is 0.400. The van der Waals surface area contributed by atoms with E-state index in [2.05, 4.69) is 20.8 Å². The minimum atomic E-state index is -0.421. The zero-order chi connectivity index (χ0) is 11.5. The van der Waals surface area contributed by atoms with Crippen molar-refractivity contribution < 1.29 is 9.90 Å². The van der Waals surface area contributed by atoms with E-state index in [1.54, 1.807) is 13.1 Å². The third kappa shape index (κ3) is 2.16. The van der Waals surface area contributed by atoms with Gasteiger partial charge in [-0.1, -0.05) is 0 Å². The van der Waals surface area contributed by atoms with Crippen molar-refractivity contribution in [2.45, 2.75) is 31.4 Å². The summed E-state index contributed by atoms with van der Waals surface area (Å²) in [5, 5.41) is 21.7. The predicted octanol–water partition coefficient (Wildman–Crippen LogP) is 0.0946. The van der Waals surface area contributed by atoms with Gasteiger partial charge in [0.1, 0.15) is 11.5 Å². The molecule has 6 nitrogen and oxygen atoms in total. The van der Waals surface area contributed by atoms with Crippen molar-refractivity contribution in [3.63, 3.8) is 0 Å². The predicted molar refractivity (Wildman–Crippen MR) is 59.2 cm³/mol. The molecule has 6 heteroatoms. The Morgan fingerprint density at radius 3 is 3.00 bits per heavy atom. The molecule has 1 saturated carbocycles. The molecule has 1 amide bonds. The van der Waals surface area contributed by atoms with E-state index in [0.717, 1.165) is 19.3 Å². The number of H-pyrrole nitrogens is 1. The van der Waals surface area contributed by atoms with Crippen LogP contribution in [0.2, 0.25) is 0 Å². The minimum absolute atomic E-state index is 0.131. The van der Waals surface area contributed by atoms with Gasteiger partial charge in [-0.3, -0.25) is 9.89 Å². The largest absolute Gasteiger partial charge is 0.391 e. The highest BCUT2D eigenvalue weighted by molar-refractivity contribution is 5.93. The maximum atomic E-state index is 11.8. The number of aromatic nitrogens is 2. The molecule has 88 valence electrons. The fraction of sp³-hybridized carbons (Fsp3) is 0.600. The van der Waals surface area contributed by atoms with Crippen LogP contribution in [0.1, 0.15) is 29.8 Å². The average molecular weight is 224 g/mol. The number of hydrogen-bond acceptors (Lipinski definition) is 4. The van der Waals surface area contributed by atoms with Crippen LogP contribution in [0.15, 0.2) is 6.07 Å². The van der Waals surface area contributed by atoms with Crippen LogP contribution in [0.5, 0.6) is 0 Å². The summed E-state index contributed by atoms with van der Waals surface area (Å²) in [4.78, 5) is 11.8. The number of aromatic amines is 1. The van der Waals surface area contributed by atoms with Gasteiger partial charge in [0, 0.05) is 13.1 Å². The fourth-order valence-corrected chi connectivity index (χ4v) is 1.92. The van der Waals surface area contributed by atoms with Crippen molar-refractivity contribution in [1.82, 2.24) is 15.5 Å². The van der Waals surface area contributed by atoms with E-state index in [4.69, 9.17) is 0 Å². The lowest BCUT2D eigenvalue weighted by Crippen LogP contribution is -2.39. The smallest absolute Gasteiger partial charge is 0.269 e. The van der Waals surface area contributed by atoms with Gasteiger partial charge in [0.05, 0.1) is 12.1 Å². The highest BCUT2D eigenvalue weighted by atomic mass is 16.3. The van der Waals surface area contributed by atoms with Gasteiger partial charge in [-0.25, -0.2) is 0 Å². The maximum Gasteiger partial charge on any atom is 0.269 e. The fourth-order valence-electron chi connectivity index (χ4n) is 1.92. The van der Waals surface area contributed by atoms with E-state index in [-0.39, 0.29) is 11.9 Å². The Hall–Kier alpha value is -1.56. The van der Waals surface area contributed by atoms with Crippen molar-refractivity contribution >= 4 is 11.7 Å². The highest BCUT2D eigenvalue weighted by Crippen LogP contribution is 2.19. The van der Waals surface area contributed by atoms with Crippen LogP contribution in [-0.4, -0.2) is 40.4 Å². The van der Waals surface area contributed by atoms with Crippen molar-refractivity contribution in [1.29, 1.82) is 0 Å². The van der Waals surface area contributed by atoms with Crippen molar-refractivity contribution in [3.8, 4) is 0 Å². The molecular formula is C10H16N4O2. The number of nitrogens with one attached hydrogen (secondary N) is 3. The number of hydrogen-bond donors (Lipinski definition) is 4. The van der Waals surface area contributed by atoms with Crippen LogP contribution >= 0.6 is 0 Å². The van der Waals surface area contributed by atoms with Crippen LogP contribution in [0, 0.1) is 0 Å². The Balaban J connectivity index is 1.97. The van der Waals surface area contributed by atoms with E-state index in [9.17, 15) is 9.90 Å². The molecule has 4 N–H and O–H groups in total. The molecule has 0 aliphatic heterocycles. The molecule has 1 aliphatic rings. The van der Waals surface area contributed by atoms with Gasteiger partial charge in [-0.05, 0) is 19.3 Å². The van der Waals surface area contributed by atoms with E-state index in [1.807, 2.05) is 0 Å². The number of aliphatic hydroxyl groups excluding tert-OH is 1. The Labute approximate surface area is 93.4 Å². The van der Waals surface area contributed by atoms with Crippen LogP contribution in [0.25, 0.3) is 0 Å². The Bertz CT molecular complexity index is 377. The van der Waals surface area contributed by atoms with E-state index in [0.29, 0.717) is 11.5 Å². The third-order valence-electron chi connectivity index (χ3n) is 2.87. The summed E-state index contributed by atoms with van der Waals surface area (Å²) in [5.41, 5.74) is 0.406. The summed E-state index contributed by atoms with van der Waals surface area (Å²) in [6, 6.07) is 1.50. The average Bonchev–Trinajstić information content (AvgIpc) is 2.88. The van der Waals surface area contributed by atoms with Gasteiger partial charge in [0.2, 0.25) is 0 Å². The van der Waals surface area contributed by atoms with Crippen LogP contribution in [-0.2, 0) is 0 Å². The van der Waals surface area contributed by atoms with Crippen molar-refractivity contribution in [2.24, 2.45) is 0 Å². The molecule has 1 aromatic heterocycles. The molecule has 0 unspecified atom stereocenters. The van der Waals surface area contributed by atoms with Gasteiger partial charge >= 0.3 is 0 Å². The summed E-state index contributed by atoms with van der Waals surface area (Å²) in [6.45, 7) is 0. The van der Waals surface area contributed by atoms with E-state index in [1.165, 1.54) is 0 Å². The number of aliphatic hydroxyl groups is 1. The first kappa shape index (κ1) is 10.9. The Kier molecular flexibility index (Phi) is 3.09. The van der Waals surface area contributed by atoms with Crippen molar-refractivity contribution in [2.75, 3.05) is 12.4 Å². The quantitative estimate of drug-likeness (QED) is 0.586. The molecule has 0 spiro atoms. The van der Waals surface area contributed by atoms with Gasteiger partial charge in [-0.2, -0.15) is 5.10 Å². The summed E-state index contributed by atoms with van der Waals surface area (Å²) in [6.07, 6.45) is 2.13. The number of amides is 1. The first-order valence-electron chi connectivity index (χ1n) is 5.43. The molecule has 2 atom stereocenters. The van der Waals surface area contributed by atoms with Crippen molar-refractivity contribution in [3.05, 3.63) is 11.8 Å². The number of anilines is 1. The second-order valence-electron chi connectivity index (χ2n) is 4.00. The summed E-state index contributed by atoms with van der Waals surface area (Å²) < 4.78 is 0. The van der Waals surface area contributed by atoms with E-state index < -0.39 is 6.10 Å². The molecule has 1 aliphatic carbocycles. The highest BCUT2D eigenvalue weighted by Gasteiger charge is 2.27. The number of carbonyl (C=O) groups excluding carboxylic acids is 1. The lowest BCUT2D eigenvalue weighted by atomic mass is 10.2. The molecule has 1 fully saturated rings. The van der Waals surface area contributed by atoms with Crippen LogP contribution in [0.4, 0.5) is 5.82 Å². The topological polar surface area (TPSA) is 90.0 Å². The molecule has 0 bridgehead atoms. The first-order valence-corrected chi connectivity index (χ1v) is 5.43. The third-order valence-corrected chi connectivity index (χ3v) is 2.87. The van der Waals surface area contributed by atoms with Crippen LogP contribution in [0.3, 0.4) is 0 Å². The molecule has 16 heavy (non-hydrogen) atoms. The lowest BCUT2D eigenvalue weighted by Gasteiger charge is -2.15. The van der Waals surface area contributed by atoms with Gasteiger partial charge in [0.25, 0.3) is 5.91 Å². The maximum absolute atomic E-state index is 11.8. The normalized spacial score (nSPS) is 24.4. The van der Waals surface area contributed by atoms with Crippen LogP contribution < -0.4 is 10.6 Å². The zero-order valence-corrected chi connectivity index (χ0v) is 9.16. The molecule has 1 heterocycles. The molecule has 0 aromatic carbocycles. The lowest BCUT2D eigenvalue weighted by molar-refractivity contribution is 0.0868. The van der Waals surface area contributed by atoms with Gasteiger partial charge < -0.3 is 15.7 Å². The molecule has 1 aromatic rings. The summed E-state index contributed by atoms with van der Waals surface area (Å²) in [7, 11) is 1.73. The molecular weight excluding hydrogens is 208 g/mol. The number of rotatable bonds is 3. The second kappa shape index (κ2) is 4.52. The van der Waals surface area contributed by atoms with E-state index >= 15 is 0 Å². The Morgan fingerprint density at radius 1 is 1.62 bits per heavy atom. The number of nitrogens with zero attached hydrogens (tertiary/aromatic N) is 1. The van der Waals surface area contributed by atoms with Gasteiger partial charge in [0.15, 0.2) is 0 Å². The standard InChI is InChI=1S/C10H16N4O2/c1-11-9-5-7(13-14-9)10(16)12-6-3-2-4-8(6)15/h5-6,8,15H,2-4H2,1H3,(H,12,16)(H2,11,13,14)/t6-,8+/m0/s1. The Morgan fingerprint density at radius 2 is 2.44 bits per heavy atom. The van der Waals surface area contributed by atoms with Gasteiger partial charge in [-0.15, -0.1) is 0 Å². The zero-order valence-electron chi connectivity index (χ0n) is 9.16. The minimum Gasteiger partial charge on any atom is -0.391 e. The molecule has 2 rings (SSSR count). The second-order valence-corrected chi connectivity index (χ2v) is 4.00. The summed E-state index contributed by atoms with van der Waals surface area (Å²) >= 11 is 0. The monoisotopic (exact) mass is 224 g/mol. The first-order chi connectivity index (χ1) is 7.70. The number of carbonyl (C=O) groups is 1.